The average molecular weight is 663 g/mol. The van der Waals surface area contributed by atoms with Crippen molar-refractivity contribution >= 4 is 27.3 Å². The Balaban J connectivity index is 1.76. The summed E-state index contributed by atoms with van der Waals surface area (Å²) in [5.74, 6) is 2.91. The molecule has 1 aliphatic heterocycles. The van der Waals surface area contributed by atoms with Gasteiger partial charge in [-0.1, -0.05) is 137 Å². The monoisotopic (exact) mass is 662 g/mol. The lowest BCUT2D eigenvalue weighted by Gasteiger charge is -2.39. The topological polar surface area (TPSA) is 36.9 Å². The van der Waals surface area contributed by atoms with E-state index in [0.29, 0.717) is 13.2 Å². The van der Waals surface area contributed by atoms with E-state index in [-0.39, 0.29) is 27.1 Å². The highest BCUT2D eigenvalue weighted by Gasteiger charge is 2.40. The molecule has 0 saturated carbocycles. The van der Waals surface area contributed by atoms with E-state index in [1.807, 2.05) is 11.4 Å². The maximum atomic E-state index is 6.89. The van der Waals surface area contributed by atoms with E-state index in [9.17, 15) is 0 Å². The highest BCUT2D eigenvalue weighted by Crippen LogP contribution is 2.57. The molecule has 7 heteroatoms. The molecule has 1 unspecified atom stereocenters. The van der Waals surface area contributed by atoms with Crippen LogP contribution in [0.15, 0.2) is 24.3 Å². The minimum Gasteiger partial charge on any atom is -0.463 e. The van der Waals surface area contributed by atoms with E-state index < -0.39 is 16.0 Å². The lowest BCUT2D eigenvalue weighted by atomic mass is 9.78. The molecule has 1 aliphatic rings. The van der Waals surface area contributed by atoms with Gasteiger partial charge in [-0.25, -0.2) is 0 Å². The lowest BCUT2D eigenvalue weighted by Crippen LogP contribution is -2.37. The third-order valence-electron chi connectivity index (χ3n) is 8.34. The first-order valence-electron chi connectivity index (χ1n) is 16.1. The van der Waals surface area contributed by atoms with E-state index in [1.54, 1.807) is 0 Å². The molecule has 0 bridgehead atoms. The summed E-state index contributed by atoms with van der Waals surface area (Å²) in [5, 5.41) is 0. The van der Waals surface area contributed by atoms with Gasteiger partial charge in [-0.2, -0.15) is 0 Å². The van der Waals surface area contributed by atoms with E-state index in [0.717, 1.165) is 23.7 Å². The highest BCUT2D eigenvalue weighted by atomic mass is 32.7. The first kappa shape index (κ1) is 37.6. The summed E-state index contributed by atoms with van der Waals surface area (Å²) in [7, 11) is -2.25. The van der Waals surface area contributed by atoms with Crippen LogP contribution in [0.1, 0.15) is 130 Å². The lowest BCUT2D eigenvalue weighted by molar-refractivity contribution is 0.0311. The Morgan fingerprint density at radius 2 is 1.07 bits per heavy atom. The number of aryl methyl sites for hydroxylation is 2. The molecule has 2 aromatic rings. The average Bonchev–Trinajstić information content (AvgIpc) is 2.87. The molecule has 0 spiro atoms. The van der Waals surface area contributed by atoms with Crippen molar-refractivity contribution in [2.45, 2.75) is 132 Å². The number of hydrogen-bond donors (Lipinski definition) is 0. The van der Waals surface area contributed by atoms with Gasteiger partial charge in [0.15, 0.2) is 0 Å². The zero-order valence-corrected chi connectivity index (χ0v) is 33.2. The van der Waals surface area contributed by atoms with Crippen molar-refractivity contribution < 1.29 is 18.1 Å². The Kier molecular flexibility index (Phi) is 11.7. The van der Waals surface area contributed by atoms with Crippen LogP contribution in [0.2, 0.25) is 0 Å². The molecule has 4 nitrogen and oxygen atoms in total. The van der Waals surface area contributed by atoms with Crippen LogP contribution in [0.3, 0.4) is 0 Å². The molecule has 0 amide bonds. The molecule has 248 valence electrons. The van der Waals surface area contributed by atoms with Gasteiger partial charge in [-0.05, 0) is 41.9 Å². The quantitative estimate of drug-likeness (QED) is 0.263. The van der Waals surface area contributed by atoms with Gasteiger partial charge in [-0.15, -0.1) is 0 Å². The molecule has 1 heterocycles. The van der Waals surface area contributed by atoms with Gasteiger partial charge < -0.3 is 18.1 Å². The molecule has 0 aromatic heterocycles. The molecule has 2 aromatic carbocycles. The van der Waals surface area contributed by atoms with Gasteiger partial charge in [-0.3, -0.25) is 0 Å². The van der Waals surface area contributed by atoms with Crippen molar-refractivity contribution in [3.05, 3.63) is 57.6 Å². The Morgan fingerprint density at radius 1 is 0.705 bits per heavy atom. The predicted molar refractivity (Wildman–Crippen MR) is 195 cm³/mol. The summed E-state index contributed by atoms with van der Waals surface area (Å²) in [6.45, 7) is 37.2. The van der Waals surface area contributed by atoms with Gasteiger partial charge in [0, 0.05) is 40.1 Å². The maximum Gasteiger partial charge on any atom is 0.397 e. The van der Waals surface area contributed by atoms with E-state index in [4.69, 9.17) is 18.1 Å². The van der Waals surface area contributed by atoms with Crippen molar-refractivity contribution in [1.29, 1.82) is 0 Å². The molecule has 1 saturated heterocycles. The van der Waals surface area contributed by atoms with Crippen LogP contribution < -0.4 is 9.05 Å². The maximum absolute atomic E-state index is 6.89. The van der Waals surface area contributed by atoms with Crippen LogP contribution in [0.4, 0.5) is 0 Å². The minimum atomic E-state index is -1.49. The fraction of sp³-hybridized carbons (Fsp3) is 0.676. The summed E-state index contributed by atoms with van der Waals surface area (Å²) < 4.78 is 26.4. The Morgan fingerprint density at radius 3 is 1.41 bits per heavy atom. The van der Waals surface area contributed by atoms with Crippen molar-refractivity contribution in [2.24, 2.45) is 5.41 Å². The summed E-state index contributed by atoms with van der Waals surface area (Å²) in [6, 6.07) is 9.12. The van der Waals surface area contributed by atoms with Crippen LogP contribution >= 0.6 is 27.3 Å². The van der Waals surface area contributed by atoms with Crippen molar-refractivity contribution in [3.63, 3.8) is 0 Å². The SMILES string of the molecule is CCC1(CSP(C)Oc2c(C(C)(C)C)cc(C)cc2C(C)(C)C)COP(Oc2c(C(C)(C)C)cc(C)cc2C(C)(C)C)OC1. The molecule has 1 atom stereocenters. The summed E-state index contributed by atoms with van der Waals surface area (Å²) in [6.07, 6.45) is 0.975. The second-order valence-electron chi connectivity index (χ2n) is 16.9. The van der Waals surface area contributed by atoms with Crippen LogP contribution in [0.5, 0.6) is 11.5 Å². The van der Waals surface area contributed by atoms with Crippen molar-refractivity contribution in [3.8, 4) is 11.5 Å². The van der Waals surface area contributed by atoms with Crippen LogP contribution in [-0.4, -0.2) is 25.6 Å². The first-order chi connectivity index (χ1) is 20.0. The minimum absolute atomic E-state index is 0.00772. The normalized spacial score (nSPS) is 20.9. The predicted octanol–water partition coefficient (Wildman–Crippen LogP) is 12.3. The van der Waals surface area contributed by atoms with Crippen LogP contribution in [0.25, 0.3) is 0 Å². The van der Waals surface area contributed by atoms with Gasteiger partial charge in [0.2, 0.25) is 0 Å². The second-order valence-corrected chi connectivity index (χ2v) is 22.0. The third kappa shape index (κ3) is 9.38. The smallest absolute Gasteiger partial charge is 0.397 e. The third-order valence-corrected chi connectivity index (χ3v) is 12.6. The Bertz CT molecular complexity index is 1220. The highest BCUT2D eigenvalue weighted by molar-refractivity contribution is 8.54. The fourth-order valence-corrected chi connectivity index (χ4v) is 9.70. The molecular formula is C37H60O4P2S. The number of hydrogen-bond acceptors (Lipinski definition) is 5. The summed E-state index contributed by atoms with van der Waals surface area (Å²) in [5.41, 5.74) is 7.30. The first-order valence-corrected chi connectivity index (χ1v) is 20.5. The molecule has 3 rings (SSSR count). The fourth-order valence-electron chi connectivity index (χ4n) is 5.33. The largest absolute Gasteiger partial charge is 0.463 e. The zero-order chi connectivity index (χ0) is 33.5. The van der Waals surface area contributed by atoms with Gasteiger partial charge >= 0.3 is 8.60 Å². The van der Waals surface area contributed by atoms with Gasteiger partial charge in [0.05, 0.1) is 13.2 Å². The molecule has 0 N–H and O–H groups in total. The summed E-state index contributed by atoms with van der Waals surface area (Å²) >= 11 is 1.91. The zero-order valence-electron chi connectivity index (χ0n) is 30.6. The summed E-state index contributed by atoms with van der Waals surface area (Å²) in [4.78, 5) is 0. The van der Waals surface area contributed by atoms with Crippen LogP contribution in [0, 0.1) is 19.3 Å². The second kappa shape index (κ2) is 13.7. The molecule has 0 aliphatic carbocycles. The molecule has 44 heavy (non-hydrogen) atoms. The van der Waals surface area contributed by atoms with Crippen molar-refractivity contribution in [1.82, 2.24) is 0 Å². The Labute approximate surface area is 276 Å². The van der Waals surface area contributed by atoms with Gasteiger partial charge in [0.25, 0.3) is 0 Å². The van der Waals surface area contributed by atoms with E-state index >= 15 is 0 Å². The van der Waals surface area contributed by atoms with Crippen LogP contribution in [-0.2, 0) is 30.7 Å². The Hall–Kier alpha value is -0.830. The van der Waals surface area contributed by atoms with E-state index in [2.05, 4.69) is 135 Å². The van der Waals surface area contributed by atoms with E-state index in [1.165, 1.54) is 33.4 Å². The standard InChI is InChI=1S/C37H60O4P2S/c1-17-37(24-44-42(16)40-31-27(33(4,5)6)18-25(2)19-28(31)34(7,8)9)22-38-43(39-23-37)41-32-29(35(10,11)12)20-26(3)21-30(32)36(13,14)15/h18-21H,17,22-24H2,1-16H3. The number of rotatable bonds is 8. The molecular weight excluding hydrogens is 602 g/mol. The van der Waals surface area contributed by atoms with Gasteiger partial charge in [0.1, 0.15) is 18.8 Å². The molecule has 1 fully saturated rings. The number of benzene rings is 2. The molecule has 0 radical (unpaired) electrons. The van der Waals surface area contributed by atoms with Crippen molar-refractivity contribution in [2.75, 3.05) is 25.6 Å².